The molecule has 0 bridgehead atoms. The molecule has 0 fully saturated rings. The van der Waals surface area contributed by atoms with Crippen LogP contribution >= 0.6 is 0 Å². The van der Waals surface area contributed by atoms with Crippen LogP contribution in [0.15, 0.2) is 72.5 Å². The molecule has 0 radical (unpaired) electrons. The van der Waals surface area contributed by atoms with Crippen LogP contribution in [0.3, 0.4) is 0 Å². The van der Waals surface area contributed by atoms with E-state index in [-0.39, 0.29) is 24.7 Å². The van der Waals surface area contributed by atoms with Gasteiger partial charge in [0.2, 0.25) is 0 Å². The Morgan fingerprint density at radius 1 is 1.17 bits per heavy atom. The standard InChI is InChI=1S/C22H18F4N2O2/c23-17-6-7-18(19(12-17)22(24,25)26)16-8-9-27(13-16)21(29)28-10-11-30-20(14-28)15-4-2-1-3-5-15/h1-2,4,6-8,10-12,14H,3,5,9,13H2. The van der Waals surface area contributed by atoms with Crippen molar-refractivity contribution in [3.63, 3.8) is 0 Å². The number of rotatable bonds is 2. The molecular weight excluding hydrogens is 400 g/mol. The number of hydrogen-bond donors (Lipinski definition) is 0. The third-order valence-corrected chi connectivity index (χ3v) is 5.05. The van der Waals surface area contributed by atoms with E-state index in [4.69, 9.17) is 4.74 Å². The van der Waals surface area contributed by atoms with Crippen molar-refractivity contribution in [3.05, 3.63) is 89.4 Å². The number of benzene rings is 1. The Bertz CT molecular complexity index is 1020. The average Bonchev–Trinajstić information content (AvgIpc) is 3.23. The van der Waals surface area contributed by atoms with Gasteiger partial charge in [0.15, 0.2) is 0 Å². The topological polar surface area (TPSA) is 32.8 Å². The number of amides is 2. The molecule has 30 heavy (non-hydrogen) atoms. The minimum absolute atomic E-state index is 0.00660. The number of alkyl halides is 3. The summed E-state index contributed by atoms with van der Waals surface area (Å²) < 4.78 is 58.9. The summed E-state index contributed by atoms with van der Waals surface area (Å²) in [5.41, 5.74) is 0.124. The highest BCUT2D eigenvalue weighted by atomic mass is 19.4. The minimum Gasteiger partial charge on any atom is -0.462 e. The molecule has 2 amide bonds. The Balaban J connectivity index is 1.51. The molecule has 0 spiro atoms. The fourth-order valence-corrected chi connectivity index (χ4v) is 3.54. The molecule has 8 heteroatoms. The molecule has 0 unspecified atom stereocenters. The van der Waals surface area contributed by atoms with Crippen LogP contribution in [0.2, 0.25) is 0 Å². The average molecular weight is 418 g/mol. The summed E-state index contributed by atoms with van der Waals surface area (Å²) in [6.45, 7) is 0.149. The van der Waals surface area contributed by atoms with Crippen molar-refractivity contribution in [2.24, 2.45) is 0 Å². The highest BCUT2D eigenvalue weighted by Crippen LogP contribution is 2.37. The first kappa shape index (κ1) is 20.0. The third-order valence-electron chi connectivity index (χ3n) is 5.05. The molecule has 4 nitrogen and oxygen atoms in total. The largest absolute Gasteiger partial charge is 0.462 e. The van der Waals surface area contributed by atoms with Gasteiger partial charge in [0.25, 0.3) is 0 Å². The summed E-state index contributed by atoms with van der Waals surface area (Å²) in [7, 11) is 0. The molecule has 1 aromatic carbocycles. The van der Waals surface area contributed by atoms with Crippen molar-refractivity contribution in [1.29, 1.82) is 0 Å². The smallest absolute Gasteiger partial charge is 0.417 e. The fraction of sp³-hybridized carbons (Fsp3) is 0.227. The molecule has 2 aliphatic heterocycles. The van der Waals surface area contributed by atoms with Gasteiger partial charge in [-0.25, -0.2) is 9.18 Å². The highest BCUT2D eigenvalue weighted by molar-refractivity contribution is 5.83. The molecular formula is C22H18F4N2O2. The maximum atomic E-state index is 13.4. The summed E-state index contributed by atoms with van der Waals surface area (Å²) in [5.74, 6) is -0.402. The summed E-state index contributed by atoms with van der Waals surface area (Å²) in [4.78, 5) is 15.7. The van der Waals surface area contributed by atoms with Gasteiger partial charge in [-0.3, -0.25) is 4.90 Å². The zero-order valence-corrected chi connectivity index (χ0v) is 15.8. The Labute approximate surface area is 170 Å². The second kappa shape index (κ2) is 7.85. The molecule has 0 saturated heterocycles. The molecule has 1 aliphatic carbocycles. The Kier molecular flexibility index (Phi) is 5.24. The quantitative estimate of drug-likeness (QED) is 0.587. The molecule has 156 valence electrons. The first-order chi connectivity index (χ1) is 14.3. The predicted octanol–water partition coefficient (Wildman–Crippen LogP) is 5.58. The first-order valence-corrected chi connectivity index (χ1v) is 9.37. The lowest BCUT2D eigenvalue weighted by molar-refractivity contribution is -0.138. The van der Waals surface area contributed by atoms with Gasteiger partial charge in [0.1, 0.15) is 17.8 Å². The first-order valence-electron chi connectivity index (χ1n) is 9.37. The van der Waals surface area contributed by atoms with Crippen molar-refractivity contribution >= 4 is 11.6 Å². The summed E-state index contributed by atoms with van der Waals surface area (Å²) in [6.07, 6.45) is 8.84. The van der Waals surface area contributed by atoms with E-state index in [1.54, 1.807) is 12.3 Å². The van der Waals surface area contributed by atoms with Gasteiger partial charge in [-0.1, -0.05) is 30.4 Å². The zero-order valence-electron chi connectivity index (χ0n) is 15.8. The van der Waals surface area contributed by atoms with Crippen LogP contribution in [0.5, 0.6) is 0 Å². The number of ether oxygens (including phenoxy) is 1. The van der Waals surface area contributed by atoms with E-state index >= 15 is 0 Å². The lowest BCUT2D eigenvalue weighted by Crippen LogP contribution is -2.37. The fourth-order valence-electron chi connectivity index (χ4n) is 3.54. The van der Waals surface area contributed by atoms with Crippen molar-refractivity contribution in [2.45, 2.75) is 19.0 Å². The molecule has 0 N–H and O–H groups in total. The zero-order chi connectivity index (χ0) is 21.3. The molecule has 0 aromatic heterocycles. The highest BCUT2D eigenvalue weighted by Gasteiger charge is 2.36. The number of urea groups is 1. The predicted molar refractivity (Wildman–Crippen MR) is 103 cm³/mol. The van der Waals surface area contributed by atoms with E-state index in [0.717, 1.165) is 30.5 Å². The maximum absolute atomic E-state index is 13.4. The third kappa shape index (κ3) is 4.03. The van der Waals surface area contributed by atoms with Gasteiger partial charge in [0, 0.05) is 19.3 Å². The van der Waals surface area contributed by atoms with Gasteiger partial charge in [-0.2, -0.15) is 13.2 Å². The van der Waals surface area contributed by atoms with Crippen molar-refractivity contribution in [1.82, 2.24) is 9.80 Å². The molecule has 2 heterocycles. The van der Waals surface area contributed by atoms with Crippen LogP contribution in [0.25, 0.3) is 5.57 Å². The summed E-state index contributed by atoms with van der Waals surface area (Å²) in [6, 6.07) is 2.18. The van der Waals surface area contributed by atoms with E-state index in [1.165, 1.54) is 22.3 Å². The number of allylic oxidation sites excluding steroid dienone is 4. The second-order valence-corrected chi connectivity index (χ2v) is 7.04. The van der Waals surface area contributed by atoms with Gasteiger partial charge in [-0.05, 0) is 41.7 Å². The van der Waals surface area contributed by atoms with Crippen molar-refractivity contribution in [3.8, 4) is 0 Å². The lowest BCUT2D eigenvalue weighted by atomic mass is 9.99. The Morgan fingerprint density at radius 2 is 2.00 bits per heavy atom. The normalized spacial score (nSPS) is 18.7. The number of nitrogens with zero attached hydrogens (tertiary/aromatic N) is 2. The van der Waals surface area contributed by atoms with E-state index < -0.39 is 17.6 Å². The SMILES string of the molecule is O=C(N1C=COC(C2=CC=CCC2)=C1)N1CC=C(c2ccc(F)cc2C(F)(F)F)C1. The van der Waals surface area contributed by atoms with Crippen molar-refractivity contribution < 1.29 is 27.1 Å². The number of carbonyl (C=O) groups is 1. The molecule has 0 saturated carbocycles. The molecule has 3 aliphatic rings. The van der Waals surface area contributed by atoms with E-state index in [2.05, 4.69) is 0 Å². The van der Waals surface area contributed by atoms with E-state index in [0.29, 0.717) is 17.4 Å². The second-order valence-electron chi connectivity index (χ2n) is 7.04. The summed E-state index contributed by atoms with van der Waals surface area (Å²) in [5, 5.41) is 0. The van der Waals surface area contributed by atoms with Gasteiger partial charge in [0.05, 0.1) is 11.8 Å². The van der Waals surface area contributed by atoms with Gasteiger partial charge in [-0.15, -0.1) is 0 Å². The van der Waals surface area contributed by atoms with Gasteiger partial charge < -0.3 is 9.64 Å². The van der Waals surface area contributed by atoms with Crippen LogP contribution in [-0.2, 0) is 10.9 Å². The molecule has 1 aromatic rings. The molecule has 0 atom stereocenters. The van der Waals surface area contributed by atoms with Crippen LogP contribution in [-0.4, -0.2) is 28.9 Å². The number of halogens is 4. The number of carbonyl (C=O) groups excluding carboxylic acids is 1. The van der Waals surface area contributed by atoms with Crippen LogP contribution in [0, 0.1) is 5.82 Å². The number of hydrogen-bond acceptors (Lipinski definition) is 2. The van der Waals surface area contributed by atoms with Crippen LogP contribution in [0.4, 0.5) is 22.4 Å². The van der Waals surface area contributed by atoms with Crippen LogP contribution in [0.1, 0.15) is 24.0 Å². The monoisotopic (exact) mass is 418 g/mol. The van der Waals surface area contributed by atoms with E-state index in [9.17, 15) is 22.4 Å². The Hall–Kier alpha value is -3.29. The maximum Gasteiger partial charge on any atom is 0.417 e. The van der Waals surface area contributed by atoms with Crippen molar-refractivity contribution in [2.75, 3.05) is 13.1 Å². The Morgan fingerprint density at radius 3 is 2.73 bits per heavy atom. The molecule has 4 rings (SSSR count). The minimum atomic E-state index is -4.69. The van der Waals surface area contributed by atoms with Crippen LogP contribution < -0.4 is 0 Å². The lowest BCUT2D eigenvalue weighted by Gasteiger charge is -2.26. The van der Waals surface area contributed by atoms with Gasteiger partial charge >= 0.3 is 12.2 Å². The summed E-state index contributed by atoms with van der Waals surface area (Å²) >= 11 is 0. The van der Waals surface area contributed by atoms with E-state index in [1.807, 2.05) is 18.2 Å².